The molecule has 0 aliphatic heterocycles. The lowest BCUT2D eigenvalue weighted by atomic mass is 10.0. The van der Waals surface area contributed by atoms with E-state index in [0.717, 1.165) is 0 Å². The van der Waals surface area contributed by atoms with Crippen LogP contribution in [0.3, 0.4) is 0 Å². The second-order valence-corrected chi connectivity index (χ2v) is 8.01. The number of rotatable bonds is 15. The van der Waals surface area contributed by atoms with E-state index in [-0.39, 0.29) is 25.3 Å². The van der Waals surface area contributed by atoms with Gasteiger partial charge in [-0.25, -0.2) is 4.79 Å². The largest absolute Gasteiger partial charge is 0.481 e. The van der Waals surface area contributed by atoms with Crippen molar-refractivity contribution in [2.45, 2.75) is 70.3 Å². The molecule has 0 saturated carbocycles. The third-order valence-corrected chi connectivity index (χ3v) is 4.60. The smallest absolute Gasteiger partial charge is 0.328 e. The number of hydrogen-bond donors (Lipinski definition) is 9. The highest BCUT2D eigenvalue weighted by Gasteiger charge is 2.33. The van der Waals surface area contributed by atoms with Gasteiger partial charge >= 0.3 is 11.9 Å². The van der Waals surface area contributed by atoms with E-state index in [1.54, 1.807) is 13.8 Å². The van der Waals surface area contributed by atoms with E-state index in [2.05, 4.69) is 20.9 Å². The molecule has 0 aliphatic rings. The Balaban J connectivity index is 5.54. The highest BCUT2D eigenvalue weighted by molar-refractivity contribution is 5.94. The van der Waals surface area contributed by atoms with Crippen LogP contribution in [-0.2, 0) is 24.0 Å². The molecule has 0 heterocycles. The number of nitrogens with one attached hydrogen (secondary N) is 3. The number of aliphatic hydroxyl groups is 1. The van der Waals surface area contributed by atoms with Crippen molar-refractivity contribution in [2.75, 3.05) is 6.54 Å². The van der Waals surface area contributed by atoms with Gasteiger partial charge in [0.25, 0.3) is 0 Å². The van der Waals surface area contributed by atoms with Crippen LogP contribution in [0.25, 0.3) is 0 Å². The maximum absolute atomic E-state index is 12.9. The standard InChI is InChI=1S/C19H35N7O8/c1-8(2)13(17(32)26-14(9(3)27)18(33)34)25-16(31)11(5-4-6-23-19(21)22)24-15(30)10(20)7-12(28)29/h8-11,13-14,27H,4-7,20H2,1-3H3,(H,24,30)(H,25,31)(H,26,32)(H,28,29)(H,33,34)(H4,21,22,23). The molecule has 0 saturated heterocycles. The van der Waals surface area contributed by atoms with Crippen LogP contribution in [0.4, 0.5) is 0 Å². The van der Waals surface area contributed by atoms with Gasteiger partial charge in [0.05, 0.1) is 18.6 Å². The molecule has 12 N–H and O–H groups in total. The van der Waals surface area contributed by atoms with Gasteiger partial charge in [-0.05, 0) is 25.7 Å². The first-order chi connectivity index (χ1) is 15.7. The van der Waals surface area contributed by atoms with Gasteiger partial charge in [-0.2, -0.15) is 0 Å². The summed E-state index contributed by atoms with van der Waals surface area (Å²) in [5.41, 5.74) is 16.1. The molecule has 5 atom stereocenters. The fourth-order valence-electron chi connectivity index (χ4n) is 2.75. The number of carboxylic acids is 2. The van der Waals surface area contributed by atoms with E-state index in [4.69, 9.17) is 27.4 Å². The van der Waals surface area contributed by atoms with Crippen molar-refractivity contribution in [1.29, 1.82) is 0 Å². The second kappa shape index (κ2) is 14.6. The number of nitrogens with two attached hydrogens (primary N) is 3. The molecule has 0 aromatic carbocycles. The van der Waals surface area contributed by atoms with Crippen molar-refractivity contribution in [1.82, 2.24) is 16.0 Å². The summed E-state index contributed by atoms with van der Waals surface area (Å²) in [5.74, 6) is -5.98. The summed E-state index contributed by atoms with van der Waals surface area (Å²) in [6, 6.07) is -5.45. The van der Waals surface area contributed by atoms with Crippen molar-refractivity contribution in [3.8, 4) is 0 Å². The highest BCUT2D eigenvalue weighted by atomic mass is 16.4. The van der Waals surface area contributed by atoms with Crippen LogP contribution in [0.5, 0.6) is 0 Å². The molecular formula is C19H35N7O8. The molecule has 0 aliphatic carbocycles. The summed E-state index contributed by atoms with van der Waals surface area (Å²) in [7, 11) is 0. The first kappa shape index (κ1) is 30.5. The Kier molecular flexibility index (Phi) is 13.2. The van der Waals surface area contributed by atoms with E-state index in [9.17, 15) is 29.1 Å². The Morgan fingerprint density at radius 1 is 0.882 bits per heavy atom. The van der Waals surface area contributed by atoms with Gasteiger partial charge in [0.1, 0.15) is 12.1 Å². The molecule has 0 radical (unpaired) electrons. The summed E-state index contributed by atoms with van der Waals surface area (Å²) in [4.78, 5) is 63.6. The molecule has 0 fully saturated rings. The summed E-state index contributed by atoms with van der Waals surface area (Å²) in [6.45, 7) is 4.51. The minimum absolute atomic E-state index is 0.0198. The summed E-state index contributed by atoms with van der Waals surface area (Å²) in [6.07, 6.45) is -1.80. The summed E-state index contributed by atoms with van der Waals surface area (Å²) >= 11 is 0. The van der Waals surface area contributed by atoms with Crippen LogP contribution < -0.4 is 33.2 Å². The van der Waals surface area contributed by atoms with Gasteiger partial charge in [-0.15, -0.1) is 0 Å². The molecule has 34 heavy (non-hydrogen) atoms. The average molecular weight is 490 g/mol. The molecule has 0 bridgehead atoms. The van der Waals surface area contributed by atoms with Crippen LogP contribution in [0.2, 0.25) is 0 Å². The van der Waals surface area contributed by atoms with E-state index in [1.165, 1.54) is 6.92 Å². The molecule has 15 heteroatoms. The number of carboxylic acid groups (broad SMARTS) is 2. The maximum atomic E-state index is 12.9. The Labute approximate surface area is 196 Å². The number of hydrogen-bond acceptors (Lipinski definition) is 8. The fourth-order valence-corrected chi connectivity index (χ4v) is 2.75. The second-order valence-electron chi connectivity index (χ2n) is 8.01. The van der Waals surface area contributed by atoms with E-state index < -0.39 is 72.3 Å². The summed E-state index contributed by atoms with van der Waals surface area (Å²) < 4.78 is 0. The number of aliphatic carboxylic acids is 2. The van der Waals surface area contributed by atoms with Gasteiger partial charge in [-0.3, -0.25) is 24.2 Å². The molecule has 0 rings (SSSR count). The predicted octanol–water partition coefficient (Wildman–Crippen LogP) is -3.58. The van der Waals surface area contributed by atoms with Crippen LogP contribution in [0.15, 0.2) is 4.99 Å². The lowest BCUT2D eigenvalue weighted by Gasteiger charge is -2.27. The molecule has 194 valence electrons. The van der Waals surface area contributed by atoms with Gasteiger partial charge in [0.2, 0.25) is 17.7 Å². The number of nitrogens with zero attached hydrogens (tertiary/aromatic N) is 1. The summed E-state index contributed by atoms with van der Waals surface area (Å²) in [5, 5.41) is 34.5. The molecule has 0 aromatic rings. The number of aliphatic imine (C=N–C) groups is 1. The zero-order valence-corrected chi connectivity index (χ0v) is 19.4. The lowest BCUT2D eigenvalue weighted by Crippen LogP contribution is -2.59. The van der Waals surface area contributed by atoms with Gasteiger partial charge in [0.15, 0.2) is 12.0 Å². The zero-order chi connectivity index (χ0) is 26.6. The number of guanidine groups is 1. The third-order valence-electron chi connectivity index (χ3n) is 4.60. The number of aliphatic hydroxyl groups excluding tert-OH is 1. The first-order valence-corrected chi connectivity index (χ1v) is 10.5. The number of carbonyl (C=O) groups is 5. The number of carbonyl (C=O) groups excluding carboxylic acids is 3. The topological polar surface area (TPSA) is 273 Å². The SMILES string of the molecule is CC(C)C(NC(=O)C(CCCN=C(N)N)NC(=O)C(N)CC(=O)O)C(=O)NC(C(=O)O)C(C)O. The Morgan fingerprint density at radius 3 is 1.88 bits per heavy atom. The molecule has 0 spiro atoms. The van der Waals surface area contributed by atoms with Gasteiger partial charge in [0, 0.05) is 6.54 Å². The van der Waals surface area contributed by atoms with Gasteiger partial charge < -0.3 is 48.5 Å². The average Bonchev–Trinajstić information content (AvgIpc) is 2.70. The predicted molar refractivity (Wildman–Crippen MR) is 120 cm³/mol. The van der Waals surface area contributed by atoms with Crippen LogP contribution in [-0.4, -0.2) is 87.8 Å². The molecule has 0 aromatic heterocycles. The van der Waals surface area contributed by atoms with Crippen molar-refractivity contribution < 1.29 is 39.3 Å². The third kappa shape index (κ3) is 11.4. The van der Waals surface area contributed by atoms with Crippen molar-refractivity contribution in [3.63, 3.8) is 0 Å². The Hall–Kier alpha value is -3.46. The molecule has 3 amide bonds. The Morgan fingerprint density at radius 2 is 1.44 bits per heavy atom. The van der Waals surface area contributed by atoms with Crippen molar-refractivity contribution in [2.24, 2.45) is 28.1 Å². The minimum atomic E-state index is -1.60. The number of amides is 3. The fraction of sp³-hybridized carbons (Fsp3) is 0.684. The van der Waals surface area contributed by atoms with Crippen LogP contribution in [0, 0.1) is 5.92 Å². The monoisotopic (exact) mass is 489 g/mol. The quantitative estimate of drug-likeness (QED) is 0.0616. The lowest BCUT2D eigenvalue weighted by molar-refractivity contribution is -0.145. The minimum Gasteiger partial charge on any atom is -0.481 e. The van der Waals surface area contributed by atoms with Crippen LogP contribution >= 0.6 is 0 Å². The van der Waals surface area contributed by atoms with Crippen LogP contribution in [0.1, 0.15) is 40.0 Å². The van der Waals surface area contributed by atoms with Gasteiger partial charge in [-0.1, -0.05) is 13.8 Å². The molecule has 5 unspecified atom stereocenters. The van der Waals surface area contributed by atoms with E-state index in [1.807, 2.05) is 0 Å². The van der Waals surface area contributed by atoms with Crippen molar-refractivity contribution >= 4 is 35.6 Å². The van der Waals surface area contributed by atoms with E-state index in [0.29, 0.717) is 0 Å². The molecule has 15 nitrogen and oxygen atoms in total. The first-order valence-electron chi connectivity index (χ1n) is 10.5. The zero-order valence-electron chi connectivity index (χ0n) is 19.4. The highest BCUT2D eigenvalue weighted by Crippen LogP contribution is 2.07. The maximum Gasteiger partial charge on any atom is 0.328 e. The normalized spacial score (nSPS) is 15.2. The van der Waals surface area contributed by atoms with Crippen molar-refractivity contribution in [3.05, 3.63) is 0 Å². The Bertz CT molecular complexity index is 768. The van der Waals surface area contributed by atoms with E-state index >= 15 is 0 Å². The molecular weight excluding hydrogens is 454 g/mol.